The van der Waals surface area contributed by atoms with Crippen molar-refractivity contribution in [1.82, 2.24) is 5.32 Å². The van der Waals surface area contributed by atoms with Crippen molar-refractivity contribution in [2.24, 2.45) is 0 Å². The minimum Gasteiger partial charge on any atom is -0.378 e. The summed E-state index contributed by atoms with van der Waals surface area (Å²) in [5.41, 5.74) is 2.83. The van der Waals surface area contributed by atoms with Crippen LogP contribution in [0.5, 0.6) is 0 Å². The maximum atomic E-state index is 13.0. The van der Waals surface area contributed by atoms with Gasteiger partial charge in [0.2, 0.25) is 5.91 Å². The van der Waals surface area contributed by atoms with Crippen molar-refractivity contribution in [3.63, 3.8) is 0 Å². The van der Waals surface area contributed by atoms with Crippen LogP contribution >= 0.6 is 0 Å². The minimum atomic E-state index is -3.78. The van der Waals surface area contributed by atoms with Crippen molar-refractivity contribution in [3.8, 4) is 0 Å². The first kappa shape index (κ1) is 27.2. The first-order valence-electron chi connectivity index (χ1n) is 12.4. The van der Waals surface area contributed by atoms with Crippen LogP contribution in [0.15, 0.2) is 65.6 Å². The van der Waals surface area contributed by atoms with Crippen LogP contribution in [0, 0.1) is 0 Å². The van der Waals surface area contributed by atoms with Crippen LogP contribution in [0.1, 0.15) is 25.0 Å². The van der Waals surface area contributed by atoms with Crippen LogP contribution in [0.4, 0.5) is 11.4 Å². The summed E-state index contributed by atoms with van der Waals surface area (Å²) >= 11 is 0. The maximum Gasteiger partial charge on any atom is 0.235 e. The molecule has 7 nitrogen and oxygen atoms in total. The van der Waals surface area contributed by atoms with E-state index in [0.29, 0.717) is 25.7 Å². The first-order valence-corrected chi connectivity index (χ1v) is 14.7. The molecule has 0 aliphatic carbocycles. The van der Waals surface area contributed by atoms with Crippen molar-refractivity contribution < 1.29 is 17.9 Å². The molecule has 2 aromatic carbocycles. The minimum absolute atomic E-state index is 0.147. The number of carbonyl (C=O) groups excluding carboxylic acids is 1. The lowest BCUT2D eigenvalue weighted by molar-refractivity contribution is -0.118. The van der Waals surface area contributed by atoms with Gasteiger partial charge in [-0.15, -0.1) is 0 Å². The fourth-order valence-corrected chi connectivity index (χ4v) is 6.39. The van der Waals surface area contributed by atoms with Gasteiger partial charge in [-0.2, -0.15) is 0 Å². The molecule has 1 atom stereocenters. The van der Waals surface area contributed by atoms with E-state index < -0.39 is 32.6 Å². The fraction of sp³-hybridized carbons (Fsp3) is 0.393. The SMILES string of the molecule is CN(C)c1ccc(/C=C/C=C/C23OCCN2c2ccc(S(=O)(=O)CC(=O)NCC[Si])cc2C3(C)C)cc1. The number of nitrogens with one attached hydrogen (secondary N) is 1. The molecule has 0 saturated carbocycles. The highest BCUT2D eigenvalue weighted by atomic mass is 32.2. The van der Waals surface area contributed by atoms with Gasteiger partial charge in [-0.1, -0.05) is 44.2 Å². The van der Waals surface area contributed by atoms with Crippen molar-refractivity contribution in [3.05, 3.63) is 71.8 Å². The summed E-state index contributed by atoms with van der Waals surface area (Å²) in [7, 11) is 3.52. The molecule has 0 bridgehead atoms. The molecule has 1 N–H and O–H groups in total. The van der Waals surface area contributed by atoms with Gasteiger partial charge in [0.15, 0.2) is 15.6 Å². The Kier molecular flexibility index (Phi) is 7.69. The average molecular weight is 537 g/mol. The van der Waals surface area contributed by atoms with Gasteiger partial charge in [0.05, 0.1) is 11.5 Å². The second-order valence-electron chi connectivity index (χ2n) is 10.1. The zero-order valence-electron chi connectivity index (χ0n) is 21.8. The quantitative estimate of drug-likeness (QED) is 0.391. The van der Waals surface area contributed by atoms with Gasteiger partial charge in [-0.25, -0.2) is 8.42 Å². The summed E-state index contributed by atoms with van der Waals surface area (Å²) in [4.78, 5) is 16.5. The number of hydrogen-bond donors (Lipinski definition) is 1. The number of benzene rings is 2. The molecule has 0 spiro atoms. The summed E-state index contributed by atoms with van der Waals surface area (Å²) in [6.45, 7) is 5.81. The van der Waals surface area contributed by atoms with E-state index in [1.54, 1.807) is 12.1 Å². The Morgan fingerprint density at radius 2 is 1.89 bits per heavy atom. The first-order chi connectivity index (χ1) is 17.5. The van der Waals surface area contributed by atoms with E-state index in [-0.39, 0.29) is 4.90 Å². The predicted molar refractivity (Wildman–Crippen MR) is 150 cm³/mol. The zero-order chi connectivity index (χ0) is 26.8. The Hall–Kier alpha value is -2.88. The van der Waals surface area contributed by atoms with Gasteiger partial charge in [0.1, 0.15) is 5.75 Å². The summed E-state index contributed by atoms with van der Waals surface area (Å²) in [6, 6.07) is 14.0. The van der Waals surface area contributed by atoms with Crippen LogP contribution in [0.25, 0.3) is 6.08 Å². The van der Waals surface area contributed by atoms with Crippen molar-refractivity contribution in [2.75, 3.05) is 49.3 Å². The van der Waals surface area contributed by atoms with Gasteiger partial charge in [0.25, 0.3) is 0 Å². The lowest BCUT2D eigenvalue weighted by Gasteiger charge is -2.39. The number of carbonyl (C=O) groups is 1. The molecule has 1 unspecified atom stereocenters. The molecule has 2 aliphatic rings. The molecule has 3 radical (unpaired) electrons. The van der Waals surface area contributed by atoms with Gasteiger partial charge < -0.3 is 19.9 Å². The Morgan fingerprint density at radius 1 is 1.16 bits per heavy atom. The standard InChI is InChI=1S/C28H34N3O4SSi/c1-27(2)24-19-23(36(33,34)20-26(32)29-15-18-37)12-13-25(24)31-16-17-35-28(27,31)14-6-5-7-21-8-10-22(11-9-21)30(3)4/h5-14,19H,15-18,20H2,1-4H3,(H,29,32)/b7-5+,14-6+. The summed E-state index contributed by atoms with van der Waals surface area (Å²) in [5, 5.41) is 2.60. The highest BCUT2D eigenvalue weighted by Gasteiger charge is 2.59. The Labute approximate surface area is 223 Å². The fourth-order valence-electron chi connectivity index (χ4n) is 5.08. The monoisotopic (exact) mass is 536 g/mol. The van der Waals surface area contributed by atoms with Crippen LogP contribution < -0.4 is 15.1 Å². The second-order valence-corrected chi connectivity index (χ2v) is 12.6. The molecule has 1 fully saturated rings. The number of nitrogens with zero attached hydrogens (tertiary/aromatic N) is 2. The lowest BCUT2D eigenvalue weighted by Crippen LogP contribution is -2.51. The smallest absolute Gasteiger partial charge is 0.235 e. The molecule has 2 heterocycles. The molecule has 4 rings (SSSR count). The van der Waals surface area contributed by atoms with Crippen LogP contribution in [0.2, 0.25) is 6.04 Å². The van der Waals surface area contributed by atoms with E-state index in [1.165, 1.54) is 0 Å². The van der Waals surface area contributed by atoms with Crippen LogP contribution in [0.3, 0.4) is 0 Å². The van der Waals surface area contributed by atoms with E-state index in [2.05, 4.69) is 69.5 Å². The van der Waals surface area contributed by atoms with Crippen molar-refractivity contribution in [2.45, 2.75) is 35.9 Å². The molecule has 1 saturated heterocycles. The molecular weight excluding hydrogens is 502 g/mol. The second kappa shape index (κ2) is 10.5. The number of rotatable bonds is 9. The van der Waals surface area contributed by atoms with E-state index in [4.69, 9.17) is 4.74 Å². The normalized spacial score (nSPS) is 20.4. The van der Waals surface area contributed by atoms with Crippen molar-refractivity contribution in [1.29, 1.82) is 0 Å². The van der Waals surface area contributed by atoms with Crippen LogP contribution in [-0.2, 0) is 24.8 Å². The largest absolute Gasteiger partial charge is 0.378 e. The third-order valence-electron chi connectivity index (χ3n) is 7.12. The van der Waals surface area contributed by atoms with Crippen LogP contribution in [-0.4, -0.2) is 69.8 Å². The maximum absolute atomic E-state index is 13.0. The summed E-state index contributed by atoms with van der Waals surface area (Å²) < 4.78 is 32.4. The lowest BCUT2D eigenvalue weighted by atomic mass is 9.77. The molecule has 9 heteroatoms. The molecule has 0 aromatic heterocycles. The average Bonchev–Trinajstić information content (AvgIpc) is 3.36. The zero-order valence-corrected chi connectivity index (χ0v) is 23.6. The number of sulfone groups is 1. The van der Waals surface area contributed by atoms with Crippen molar-refractivity contribution >= 4 is 43.4 Å². The Bertz CT molecular complexity index is 1320. The Morgan fingerprint density at radius 3 is 2.57 bits per heavy atom. The highest BCUT2D eigenvalue weighted by molar-refractivity contribution is 7.92. The molecule has 195 valence electrons. The Balaban J connectivity index is 1.59. The van der Waals surface area contributed by atoms with E-state index in [0.717, 1.165) is 22.5 Å². The molecule has 1 amide bonds. The number of hydrogen-bond acceptors (Lipinski definition) is 6. The van der Waals surface area contributed by atoms with E-state index in [1.807, 2.05) is 38.4 Å². The number of ether oxygens (including phenoxy) is 1. The number of allylic oxidation sites excluding steroid dienone is 2. The number of fused-ring (bicyclic) bond motifs is 3. The number of amides is 1. The highest BCUT2D eigenvalue weighted by Crippen LogP contribution is 2.55. The molecule has 2 aliphatic heterocycles. The predicted octanol–water partition coefficient (Wildman–Crippen LogP) is 3.32. The van der Waals surface area contributed by atoms with Gasteiger partial charge in [-0.3, -0.25) is 4.79 Å². The summed E-state index contributed by atoms with van der Waals surface area (Å²) in [6.07, 6.45) is 8.11. The molecular formula is C28H34N3O4SSi. The van der Waals surface area contributed by atoms with Gasteiger partial charge in [-0.05, 0) is 53.6 Å². The van der Waals surface area contributed by atoms with Gasteiger partial charge >= 0.3 is 0 Å². The molecule has 37 heavy (non-hydrogen) atoms. The van der Waals surface area contributed by atoms with E-state index >= 15 is 0 Å². The van der Waals surface area contributed by atoms with E-state index in [9.17, 15) is 13.2 Å². The topological polar surface area (TPSA) is 79.0 Å². The van der Waals surface area contributed by atoms with Gasteiger partial charge in [0, 0.05) is 54.2 Å². The third kappa shape index (κ3) is 5.12. The molecule has 2 aromatic rings. The number of anilines is 2. The third-order valence-corrected chi connectivity index (χ3v) is 8.99. The summed E-state index contributed by atoms with van der Waals surface area (Å²) in [5.74, 6) is -1.09.